The minimum Gasteiger partial charge on any atom is -0.352 e. The quantitative estimate of drug-likeness (QED) is 0.0387. The molecule has 0 aliphatic heterocycles. The Balaban J connectivity index is -0.000000230. The lowest BCUT2D eigenvalue weighted by molar-refractivity contribution is -0.130. The molecule has 3 N–H and O–H groups in total. The average Bonchev–Trinajstić information content (AvgIpc) is 3.19. The largest absolute Gasteiger partial charge is 0.352 e. The Labute approximate surface area is 365 Å². The van der Waals surface area contributed by atoms with E-state index in [-0.39, 0.29) is 42.3 Å². The van der Waals surface area contributed by atoms with E-state index in [0.29, 0.717) is 49.6 Å². The van der Waals surface area contributed by atoms with E-state index in [4.69, 9.17) is 0 Å². The molecule has 59 heavy (non-hydrogen) atoms. The highest BCUT2D eigenvalue weighted by Gasteiger charge is 2.22. The Morgan fingerprint density at radius 1 is 0.729 bits per heavy atom. The molecule has 0 aliphatic carbocycles. The van der Waals surface area contributed by atoms with Gasteiger partial charge in [0.2, 0.25) is 24.6 Å². The molecular formula is C48H91N4O6P. The summed E-state index contributed by atoms with van der Waals surface area (Å²) in [5.41, 5.74) is 2.21. The Hall–Kier alpha value is -3.39. The Kier molecular flexibility index (Phi) is 51.9. The number of carbonyl (C=O) groups excluding carboxylic acids is 6. The van der Waals surface area contributed by atoms with Crippen molar-refractivity contribution < 1.29 is 28.8 Å². The first-order valence-corrected chi connectivity index (χ1v) is 23.0. The Bertz CT molecular complexity index is 1170. The molecule has 0 bridgehead atoms. The summed E-state index contributed by atoms with van der Waals surface area (Å²) >= 11 is 0. The fraction of sp³-hybridized carbons (Fsp3) is 0.708. The second kappa shape index (κ2) is 47.3. The van der Waals surface area contributed by atoms with Gasteiger partial charge in [0.25, 0.3) is 0 Å². The van der Waals surface area contributed by atoms with Crippen LogP contribution in [0.2, 0.25) is 0 Å². The maximum atomic E-state index is 12.4. The number of nitrogens with one attached hydrogen (secondary N) is 3. The highest BCUT2D eigenvalue weighted by molar-refractivity contribution is 7.40. The molecule has 1 aromatic carbocycles. The van der Waals surface area contributed by atoms with E-state index in [0.717, 1.165) is 57.3 Å². The molecule has 0 radical (unpaired) electrons. The van der Waals surface area contributed by atoms with E-state index < -0.39 is 6.04 Å². The van der Waals surface area contributed by atoms with Crippen LogP contribution in [0.3, 0.4) is 0 Å². The molecule has 1 aromatic rings. The summed E-state index contributed by atoms with van der Waals surface area (Å²) in [6, 6.07) is 10.1. The number of carbonyl (C=O) groups is 6. The fourth-order valence-corrected chi connectivity index (χ4v) is 4.76. The second-order valence-corrected chi connectivity index (χ2v) is 16.2. The van der Waals surface area contributed by atoms with E-state index in [1.165, 1.54) is 23.3 Å². The normalized spacial score (nSPS) is 10.7. The van der Waals surface area contributed by atoms with Gasteiger partial charge < -0.3 is 20.9 Å². The average molecular weight is 851 g/mol. The van der Waals surface area contributed by atoms with E-state index in [1.807, 2.05) is 54.5 Å². The standard InChI is InChI=1S/C19H34N2O3.C9H12.C8H16N2O2.C6H13OP.C4H10.C2H6/c1-5-8-9-10-13-21(15-22)14-18(23)20-17(12-7-3)19(24)16(4)11-6-2;1-8(2)9-6-4-3-5-7-9;1-6(2)7(3)10-8(12)4-9-5-11;1-2-3-4-5-6(7)8;1-4(2)3;1-2/h15,17H,4-14H2,1-3H3,(H,20,23);3-8H,1-2H3;5-7H,4H2,1-3H3,(H,9,11)(H,10,12);2-5,8H2,1H3;4H,1-3H3;1-2H3. The number of hydrogen-bond acceptors (Lipinski definition) is 6. The third-order valence-electron chi connectivity index (χ3n) is 8.15. The van der Waals surface area contributed by atoms with Crippen molar-refractivity contribution in [2.24, 2.45) is 11.8 Å². The van der Waals surface area contributed by atoms with Gasteiger partial charge in [-0.05, 0) is 61.5 Å². The summed E-state index contributed by atoms with van der Waals surface area (Å²) in [4.78, 5) is 68.2. The smallest absolute Gasteiger partial charge is 0.240 e. The maximum Gasteiger partial charge on any atom is 0.240 e. The van der Waals surface area contributed by atoms with Gasteiger partial charge in [0.1, 0.15) is 5.52 Å². The lowest BCUT2D eigenvalue weighted by Crippen LogP contribution is -2.45. The van der Waals surface area contributed by atoms with Crippen LogP contribution in [-0.2, 0) is 28.8 Å². The van der Waals surface area contributed by atoms with Crippen LogP contribution in [-0.4, -0.2) is 72.6 Å². The van der Waals surface area contributed by atoms with Crippen LogP contribution in [0.5, 0.6) is 0 Å². The zero-order valence-corrected chi connectivity index (χ0v) is 41.4. The summed E-state index contributed by atoms with van der Waals surface area (Å²) in [7, 11) is 2.19. The number of unbranched alkanes of at least 4 members (excludes halogenated alkanes) is 5. The number of nitrogens with zero attached hydrogens (tertiary/aromatic N) is 1. The number of benzene rings is 1. The molecule has 0 saturated carbocycles. The van der Waals surface area contributed by atoms with Gasteiger partial charge in [-0.1, -0.05) is 181 Å². The second-order valence-electron chi connectivity index (χ2n) is 15.6. The van der Waals surface area contributed by atoms with Crippen molar-refractivity contribution in [3.63, 3.8) is 0 Å². The van der Waals surface area contributed by atoms with E-state index in [9.17, 15) is 28.8 Å². The first-order valence-electron chi connectivity index (χ1n) is 22.4. The molecule has 0 spiro atoms. The Morgan fingerprint density at radius 3 is 1.68 bits per heavy atom. The van der Waals surface area contributed by atoms with Crippen LogP contribution in [0.25, 0.3) is 0 Å². The minimum atomic E-state index is -0.532. The van der Waals surface area contributed by atoms with Gasteiger partial charge in [-0.3, -0.25) is 28.8 Å². The molecule has 344 valence electrons. The van der Waals surface area contributed by atoms with Crippen LogP contribution in [0.1, 0.15) is 185 Å². The van der Waals surface area contributed by atoms with Crippen molar-refractivity contribution in [1.82, 2.24) is 20.9 Å². The molecule has 10 nitrogen and oxygen atoms in total. The van der Waals surface area contributed by atoms with Crippen molar-refractivity contribution in [3.05, 3.63) is 48.0 Å². The molecule has 3 unspecified atom stereocenters. The molecule has 0 aliphatic rings. The zero-order valence-electron chi connectivity index (χ0n) is 40.2. The molecule has 0 saturated heterocycles. The highest BCUT2D eigenvalue weighted by Crippen LogP contribution is 2.12. The molecule has 0 aromatic heterocycles. The van der Waals surface area contributed by atoms with Crippen LogP contribution in [0, 0.1) is 11.8 Å². The van der Waals surface area contributed by atoms with Crippen LogP contribution < -0.4 is 16.0 Å². The third-order valence-corrected chi connectivity index (χ3v) is 8.44. The molecule has 3 atom stereocenters. The van der Waals surface area contributed by atoms with Crippen molar-refractivity contribution >= 4 is 45.2 Å². The van der Waals surface area contributed by atoms with Crippen molar-refractivity contribution in [2.75, 3.05) is 19.6 Å². The number of rotatable bonds is 25. The predicted octanol–water partition coefficient (Wildman–Crippen LogP) is 10.6. The van der Waals surface area contributed by atoms with Gasteiger partial charge in [-0.2, -0.15) is 0 Å². The summed E-state index contributed by atoms with van der Waals surface area (Å²) < 4.78 is 0. The number of amides is 4. The summed E-state index contributed by atoms with van der Waals surface area (Å²) in [5, 5.41) is 7.83. The third kappa shape index (κ3) is 48.9. The highest BCUT2D eigenvalue weighted by atomic mass is 31.0. The monoisotopic (exact) mass is 851 g/mol. The van der Waals surface area contributed by atoms with Crippen molar-refractivity contribution in [2.45, 2.75) is 192 Å². The lowest BCUT2D eigenvalue weighted by Gasteiger charge is -2.21. The molecular weight excluding hydrogens is 760 g/mol. The van der Waals surface area contributed by atoms with Gasteiger partial charge in [0.05, 0.1) is 19.1 Å². The SMILES string of the molecule is C=C(CCC)C(=O)C(CCC)NC(=O)CN(C=O)CCCCCC.CC.CC(C)C.CC(C)C(C)NC(=O)CNC=O.CC(C)c1ccccc1.CCCCCC(=O)P. The molecule has 1 rings (SSSR count). The first-order chi connectivity index (χ1) is 27.9. The molecule has 11 heteroatoms. The first kappa shape index (κ1) is 64.7. The summed E-state index contributed by atoms with van der Waals surface area (Å²) in [5.74, 6) is 1.38. The topological polar surface area (TPSA) is 142 Å². The van der Waals surface area contributed by atoms with E-state index in [2.05, 4.69) is 105 Å². The number of hydrogen-bond donors (Lipinski definition) is 3. The predicted molar refractivity (Wildman–Crippen MR) is 255 cm³/mol. The van der Waals surface area contributed by atoms with Crippen LogP contribution in [0.4, 0.5) is 0 Å². The summed E-state index contributed by atoms with van der Waals surface area (Å²) in [6.45, 7) is 33.6. The minimum absolute atomic E-state index is 0.00335. The lowest BCUT2D eigenvalue weighted by atomic mass is 9.98. The molecule has 0 heterocycles. The fourth-order valence-electron chi connectivity index (χ4n) is 4.56. The van der Waals surface area contributed by atoms with Gasteiger partial charge in [-0.25, -0.2) is 0 Å². The molecule has 0 fully saturated rings. The van der Waals surface area contributed by atoms with Crippen molar-refractivity contribution in [3.8, 4) is 0 Å². The maximum absolute atomic E-state index is 12.4. The van der Waals surface area contributed by atoms with Crippen LogP contribution >= 0.6 is 9.24 Å². The molecule has 4 amide bonds. The number of ketones is 1. The van der Waals surface area contributed by atoms with Gasteiger partial charge >= 0.3 is 0 Å². The Morgan fingerprint density at radius 2 is 1.27 bits per heavy atom. The van der Waals surface area contributed by atoms with Crippen LogP contribution in [0.15, 0.2) is 42.5 Å². The van der Waals surface area contributed by atoms with Gasteiger partial charge in [0, 0.05) is 19.0 Å². The zero-order chi connectivity index (χ0) is 46.6. The van der Waals surface area contributed by atoms with E-state index in [1.54, 1.807) is 0 Å². The van der Waals surface area contributed by atoms with Gasteiger partial charge in [0.15, 0.2) is 5.78 Å². The summed E-state index contributed by atoms with van der Waals surface area (Å²) in [6.07, 6.45) is 12.5. The number of Topliss-reactive ketones (excluding diaryl/α,β-unsaturated/α-hetero) is 1. The van der Waals surface area contributed by atoms with Crippen molar-refractivity contribution in [1.29, 1.82) is 0 Å². The van der Waals surface area contributed by atoms with Gasteiger partial charge in [-0.15, -0.1) is 0 Å². The van der Waals surface area contributed by atoms with E-state index >= 15 is 0 Å².